The van der Waals surface area contributed by atoms with Gasteiger partial charge in [-0.3, -0.25) is 9.89 Å². The van der Waals surface area contributed by atoms with E-state index in [1.165, 1.54) is 6.07 Å². The van der Waals surface area contributed by atoms with Crippen LogP contribution < -0.4 is 11.1 Å². The molecule has 0 unspecified atom stereocenters. The van der Waals surface area contributed by atoms with Crippen LogP contribution in [0.3, 0.4) is 0 Å². The van der Waals surface area contributed by atoms with Gasteiger partial charge in [-0.2, -0.15) is 5.10 Å². The number of nitrogens with two attached hydrogens (primary N) is 1. The number of aromatic nitrogens is 2. The number of aromatic amines is 1. The van der Waals surface area contributed by atoms with Gasteiger partial charge in [0.05, 0.1) is 11.4 Å². The largest absolute Gasteiger partial charge is 0.395 e. The van der Waals surface area contributed by atoms with Gasteiger partial charge in [0, 0.05) is 0 Å². The van der Waals surface area contributed by atoms with Crippen LogP contribution in [0, 0.1) is 11.6 Å². The van der Waals surface area contributed by atoms with E-state index in [4.69, 9.17) is 5.73 Å². The van der Waals surface area contributed by atoms with Gasteiger partial charge in [-0.1, -0.05) is 19.9 Å². The Labute approximate surface area is 114 Å². The topological polar surface area (TPSA) is 83.8 Å². The van der Waals surface area contributed by atoms with Gasteiger partial charge >= 0.3 is 0 Å². The number of H-pyrrole nitrogens is 1. The van der Waals surface area contributed by atoms with Crippen molar-refractivity contribution in [3.8, 4) is 0 Å². The minimum Gasteiger partial charge on any atom is -0.395 e. The summed E-state index contributed by atoms with van der Waals surface area (Å²) in [6.07, 6.45) is 0. The number of nitrogens with one attached hydrogen (secondary N) is 2. The third-order valence-corrected chi connectivity index (χ3v) is 2.83. The lowest BCUT2D eigenvalue weighted by Gasteiger charge is -2.07. The van der Waals surface area contributed by atoms with E-state index in [0.29, 0.717) is 5.69 Å². The first-order valence-electron chi connectivity index (χ1n) is 6.01. The first-order chi connectivity index (χ1) is 9.41. The Morgan fingerprint density at radius 1 is 1.35 bits per heavy atom. The van der Waals surface area contributed by atoms with E-state index in [2.05, 4.69) is 15.5 Å². The number of nitrogens with zero attached hydrogens (tertiary/aromatic N) is 1. The van der Waals surface area contributed by atoms with Crippen molar-refractivity contribution in [1.82, 2.24) is 10.2 Å². The van der Waals surface area contributed by atoms with E-state index in [9.17, 15) is 13.6 Å². The predicted octanol–water partition coefficient (Wildman–Crippen LogP) is 2.65. The molecular weight excluding hydrogens is 266 g/mol. The summed E-state index contributed by atoms with van der Waals surface area (Å²) < 4.78 is 26.9. The third-order valence-electron chi connectivity index (χ3n) is 2.83. The van der Waals surface area contributed by atoms with Crippen LogP contribution in [-0.2, 0) is 0 Å². The van der Waals surface area contributed by atoms with Crippen molar-refractivity contribution in [1.29, 1.82) is 0 Å². The average molecular weight is 280 g/mol. The highest BCUT2D eigenvalue weighted by molar-refractivity contribution is 6.06. The van der Waals surface area contributed by atoms with Gasteiger partial charge in [-0.05, 0) is 18.1 Å². The number of nitrogen functional groups attached to an aromatic ring is 1. The zero-order chi connectivity index (χ0) is 14.9. The second-order valence-electron chi connectivity index (χ2n) is 4.61. The summed E-state index contributed by atoms with van der Waals surface area (Å²) in [4.78, 5) is 12.0. The normalized spacial score (nSPS) is 10.8. The molecule has 20 heavy (non-hydrogen) atoms. The summed E-state index contributed by atoms with van der Waals surface area (Å²) in [5.74, 6) is -2.45. The molecule has 0 spiro atoms. The summed E-state index contributed by atoms with van der Waals surface area (Å²) in [6.45, 7) is 3.75. The van der Waals surface area contributed by atoms with E-state index in [1.54, 1.807) is 0 Å². The van der Waals surface area contributed by atoms with Crippen molar-refractivity contribution in [3.63, 3.8) is 0 Å². The van der Waals surface area contributed by atoms with Crippen molar-refractivity contribution in [2.45, 2.75) is 19.8 Å². The second kappa shape index (κ2) is 5.28. The molecule has 2 rings (SSSR count). The predicted molar refractivity (Wildman–Crippen MR) is 71.4 cm³/mol. The molecule has 0 saturated heterocycles. The van der Waals surface area contributed by atoms with Crippen molar-refractivity contribution in [3.05, 3.63) is 41.2 Å². The van der Waals surface area contributed by atoms with Crippen LogP contribution in [0.5, 0.6) is 0 Å². The molecule has 0 radical (unpaired) electrons. The van der Waals surface area contributed by atoms with Crippen LogP contribution in [0.2, 0.25) is 0 Å². The summed E-state index contributed by atoms with van der Waals surface area (Å²) in [7, 11) is 0. The number of amides is 1. The fraction of sp³-hybridized carbons (Fsp3) is 0.231. The van der Waals surface area contributed by atoms with Crippen molar-refractivity contribution in [2.75, 3.05) is 11.1 Å². The lowest BCUT2D eigenvalue weighted by atomic mass is 10.1. The van der Waals surface area contributed by atoms with Crippen molar-refractivity contribution < 1.29 is 13.6 Å². The fourth-order valence-electron chi connectivity index (χ4n) is 1.77. The van der Waals surface area contributed by atoms with E-state index in [1.807, 2.05) is 13.8 Å². The quantitative estimate of drug-likeness (QED) is 0.808. The van der Waals surface area contributed by atoms with Crippen LogP contribution in [0.1, 0.15) is 35.9 Å². The zero-order valence-electron chi connectivity index (χ0n) is 11.0. The second-order valence-corrected chi connectivity index (χ2v) is 4.61. The Morgan fingerprint density at radius 2 is 1.95 bits per heavy atom. The van der Waals surface area contributed by atoms with Crippen LogP contribution in [0.25, 0.3) is 0 Å². The highest BCUT2D eigenvalue weighted by atomic mass is 19.1. The van der Waals surface area contributed by atoms with Gasteiger partial charge in [-0.25, -0.2) is 8.78 Å². The molecule has 0 bridgehead atoms. The minimum absolute atomic E-state index is 0.0502. The maximum Gasteiger partial charge on any atom is 0.278 e. The summed E-state index contributed by atoms with van der Waals surface area (Å²) in [5, 5.41) is 8.57. The number of benzene rings is 1. The van der Waals surface area contributed by atoms with Crippen molar-refractivity contribution in [2.24, 2.45) is 0 Å². The number of rotatable bonds is 3. The lowest BCUT2D eigenvalue weighted by molar-refractivity contribution is 0.102. The number of carbonyl (C=O) groups excluding carboxylic acids is 1. The van der Waals surface area contributed by atoms with Gasteiger partial charge in [0.2, 0.25) is 0 Å². The zero-order valence-corrected chi connectivity index (χ0v) is 11.0. The Bertz CT molecular complexity index is 632. The fourth-order valence-corrected chi connectivity index (χ4v) is 1.77. The minimum atomic E-state index is -0.864. The smallest absolute Gasteiger partial charge is 0.278 e. The molecule has 1 aromatic carbocycles. The lowest BCUT2D eigenvalue weighted by Crippen LogP contribution is -2.16. The van der Waals surface area contributed by atoms with Crippen LogP contribution in [0.4, 0.5) is 20.2 Å². The molecule has 0 aliphatic rings. The molecule has 1 heterocycles. The average Bonchev–Trinajstić information content (AvgIpc) is 2.76. The Hall–Kier alpha value is -2.44. The molecule has 0 fully saturated rings. The van der Waals surface area contributed by atoms with Crippen LogP contribution in [0.15, 0.2) is 18.2 Å². The molecule has 2 aromatic rings. The van der Waals surface area contributed by atoms with E-state index in [0.717, 1.165) is 12.1 Å². The molecular formula is C13H14F2N4O. The molecule has 0 aliphatic carbocycles. The van der Waals surface area contributed by atoms with Gasteiger partial charge in [0.15, 0.2) is 5.69 Å². The molecule has 0 saturated carbocycles. The van der Waals surface area contributed by atoms with Gasteiger partial charge < -0.3 is 11.1 Å². The monoisotopic (exact) mass is 280 g/mol. The Kier molecular flexibility index (Phi) is 3.69. The number of anilines is 2. The number of carbonyl (C=O) groups is 1. The molecule has 5 nitrogen and oxygen atoms in total. The maximum absolute atomic E-state index is 13.4. The standard InChI is InChI=1S/C13H14F2N4O/c1-6(2)10-9(16)12(19-18-10)13(20)17-11-7(14)4-3-5-8(11)15/h3-6H,16H2,1-2H3,(H,17,20)(H,18,19). The van der Waals surface area contributed by atoms with Gasteiger partial charge in [0.1, 0.15) is 17.3 Å². The molecule has 7 heteroatoms. The van der Waals surface area contributed by atoms with Gasteiger partial charge in [-0.15, -0.1) is 0 Å². The third kappa shape index (κ3) is 2.47. The number of para-hydroxylation sites is 1. The molecule has 0 aliphatic heterocycles. The number of hydrogen-bond acceptors (Lipinski definition) is 3. The Balaban J connectivity index is 2.29. The molecule has 1 aromatic heterocycles. The first kappa shape index (κ1) is 14.0. The first-order valence-corrected chi connectivity index (χ1v) is 6.01. The van der Waals surface area contributed by atoms with Gasteiger partial charge in [0.25, 0.3) is 5.91 Å². The van der Waals surface area contributed by atoms with E-state index in [-0.39, 0.29) is 17.3 Å². The summed E-state index contributed by atoms with van der Waals surface area (Å²) in [5.41, 5.74) is 5.96. The summed E-state index contributed by atoms with van der Waals surface area (Å²) >= 11 is 0. The molecule has 0 atom stereocenters. The number of hydrogen-bond donors (Lipinski definition) is 3. The summed E-state index contributed by atoms with van der Waals surface area (Å²) in [6, 6.07) is 3.30. The molecule has 4 N–H and O–H groups in total. The highest BCUT2D eigenvalue weighted by Gasteiger charge is 2.21. The Morgan fingerprint density at radius 3 is 2.45 bits per heavy atom. The van der Waals surface area contributed by atoms with Crippen molar-refractivity contribution >= 4 is 17.3 Å². The van der Waals surface area contributed by atoms with E-state index < -0.39 is 23.2 Å². The van der Waals surface area contributed by atoms with Crippen LogP contribution >= 0.6 is 0 Å². The van der Waals surface area contributed by atoms with E-state index >= 15 is 0 Å². The van der Waals surface area contributed by atoms with Crippen LogP contribution in [-0.4, -0.2) is 16.1 Å². The SMILES string of the molecule is CC(C)c1[nH]nc(C(=O)Nc2c(F)cccc2F)c1N. The number of halogens is 2. The molecule has 1 amide bonds. The maximum atomic E-state index is 13.4. The molecule has 106 valence electrons. The highest BCUT2D eigenvalue weighted by Crippen LogP contribution is 2.24.